The van der Waals surface area contributed by atoms with Crippen LogP contribution in [0.25, 0.3) is 10.1 Å². The average molecular weight is 658 g/mol. The highest BCUT2D eigenvalue weighted by Crippen LogP contribution is 2.38. The van der Waals surface area contributed by atoms with Crippen LogP contribution < -0.4 is 20.1 Å². The highest BCUT2D eigenvalue weighted by atomic mass is 32.1. The maximum absolute atomic E-state index is 13.1. The molecule has 4 heterocycles. The number of hydrogen-bond donors (Lipinski definition) is 2. The predicted molar refractivity (Wildman–Crippen MR) is 180 cm³/mol. The van der Waals surface area contributed by atoms with Crippen molar-refractivity contribution in [3.05, 3.63) is 58.9 Å². The fourth-order valence-corrected chi connectivity index (χ4v) is 6.68. The molecule has 2 aliphatic rings. The van der Waals surface area contributed by atoms with Crippen molar-refractivity contribution in [2.75, 3.05) is 45.0 Å². The highest BCUT2D eigenvalue weighted by molar-refractivity contribution is 7.20. The van der Waals surface area contributed by atoms with E-state index in [0.29, 0.717) is 46.3 Å². The molecule has 2 N–H and O–H groups in total. The summed E-state index contributed by atoms with van der Waals surface area (Å²) in [6, 6.07) is 10.6. The van der Waals surface area contributed by atoms with Crippen molar-refractivity contribution in [3.8, 4) is 11.5 Å². The first kappa shape index (κ1) is 31.7. The SMILES string of the molecule is COc1cc2c(cc1OCCCC(=O)Nc1cn(C)c(C(=O)Nc3ccc4sc(C(=O)N(C)C)cc4c3)n1)N=CC1CCCN1C2=O. The molecule has 2 aliphatic heterocycles. The van der Waals surface area contributed by atoms with Gasteiger partial charge in [0.25, 0.3) is 17.7 Å². The number of fused-ring (bicyclic) bond motifs is 3. The van der Waals surface area contributed by atoms with Gasteiger partial charge in [-0.1, -0.05) is 0 Å². The lowest BCUT2D eigenvalue weighted by molar-refractivity contribution is -0.116. The summed E-state index contributed by atoms with van der Waals surface area (Å²) >= 11 is 1.39. The lowest BCUT2D eigenvalue weighted by Crippen LogP contribution is -2.35. The van der Waals surface area contributed by atoms with Gasteiger partial charge >= 0.3 is 0 Å². The van der Waals surface area contributed by atoms with Crippen molar-refractivity contribution in [2.45, 2.75) is 31.7 Å². The molecular weight excluding hydrogens is 622 g/mol. The highest BCUT2D eigenvalue weighted by Gasteiger charge is 2.32. The van der Waals surface area contributed by atoms with Crippen LogP contribution in [0, 0.1) is 0 Å². The number of aromatic nitrogens is 2. The summed E-state index contributed by atoms with van der Waals surface area (Å²) < 4.78 is 13.9. The largest absolute Gasteiger partial charge is 0.493 e. The lowest BCUT2D eigenvalue weighted by atomic mass is 10.1. The molecule has 2 aromatic carbocycles. The minimum atomic E-state index is -0.443. The standard InChI is InChI=1S/C33H35N7O6S/c1-38(2)33(44)27-14-19-13-20(9-10-26(19)47-27)35-31(42)30-37-28(18-39(30)3)36-29(41)8-6-12-46-25-16-23-22(15-24(25)45-4)32(43)40-11-5-7-21(40)17-34-23/h9-10,13-18,21H,5-8,11-12H2,1-4H3,(H,35,42)(H,36,41). The van der Waals surface area contributed by atoms with E-state index in [0.717, 1.165) is 22.9 Å². The van der Waals surface area contributed by atoms with Gasteiger partial charge in [0, 0.05) is 63.0 Å². The number of imidazole rings is 1. The number of carbonyl (C=O) groups excluding carboxylic acids is 4. The third kappa shape index (κ3) is 6.68. The van der Waals surface area contributed by atoms with Crippen molar-refractivity contribution in [1.82, 2.24) is 19.4 Å². The van der Waals surface area contributed by atoms with Crippen LogP contribution in [-0.2, 0) is 11.8 Å². The fourth-order valence-electron chi connectivity index (χ4n) is 5.61. The quantitative estimate of drug-likeness (QED) is 0.235. The average Bonchev–Trinajstić information content (AvgIpc) is 3.77. The molecule has 0 saturated carbocycles. The first-order valence-corrected chi connectivity index (χ1v) is 16.0. The van der Waals surface area contributed by atoms with Crippen molar-refractivity contribution < 1.29 is 28.7 Å². The van der Waals surface area contributed by atoms with E-state index in [-0.39, 0.29) is 48.4 Å². The molecule has 4 amide bonds. The van der Waals surface area contributed by atoms with E-state index in [2.05, 4.69) is 20.6 Å². The topological polar surface area (TPSA) is 147 Å². The number of methoxy groups -OCH3 is 1. The second-order valence-corrected chi connectivity index (χ2v) is 12.7. The van der Waals surface area contributed by atoms with Crippen LogP contribution in [0.15, 0.2) is 47.6 Å². The van der Waals surface area contributed by atoms with Gasteiger partial charge < -0.3 is 34.5 Å². The molecule has 2 aromatic heterocycles. The maximum atomic E-state index is 13.1. The molecule has 0 radical (unpaired) electrons. The third-order valence-corrected chi connectivity index (χ3v) is 9.11. The first-order chi connectivity index (χ1) is 22.6. The van der Waals surface area contributed by atoms with Gasteiger partial charge in [-0.15, -0.1) is 11.3 Å². The summed E-state index contributed by atoms with van der Waals surface area (Å²) in [6.45, 7) is 0.935. The third-order valence-electron chi connectivity index (χ3n) is 8.00. The number of nitrogens with zero attached hydrogens (tertiary/aromatic N) is 5. The Morgan fingerprint density at radius 2 is 1.94 bits per heavy atom. The normalized spacial score (nSPS) is 15.2. The van der Waals surface area contributed by atoms with E-state index in [4.69, 9.17) is 9.47 Å². The summed E-state index contributed by atoms with van der Waals surface area (Å²) in [6.07, 6.45) is 5.79. The molecule has 13 nitrogen and oxygen atoms in total. The van der Waals surface area contributed by atoms with Gasteiger partial charge in [0.2, 0.25) is 11.7 Å². The van der Waals surface area contributed by atoms with Crippen LogP contribution in [-0.4, -0.2) is 89.6 Å². The van der Waals surface area contributed by atoms with E-state index in [1.54, 1.807) is 57.7 Å². The molecule has 47 heavy (non-hydrogen) atoms. The van der Waals surface area contributed by atoms with Crippen LogP contribution in [0.1, 0.15) is 56.3 Å². The number of anilines is 2. The Kier molecular flexibility index (Phi) is 8.94. The zero-order chi connectivity index (χ0) is 33.2. The Balaban J connectivity index is 1.02. The molecule has 1 saturated heterocycles. The number of aliphatic imine (C=N–C) groups is 1. The number of carbonyl (C=O) groups is 4. The van der Waals surface area contributed by atoms with Crippen molar-refractivity contribution in [2.24, 2.45) is 12.0 Å². The molecule has 0 spiro atoms. The first-order valence-electron chi connectivity index (χ1n) is 15.2. The van der Waals surface area contributed by atoms with E-state index in [9.17, 15) is 19.2 Å². The van der Waals surface area contributed by atoms with Gasteiger partial charge in [-0.2, -0.15) is 0 Å². The molecule has 4 aromatic rings. The van der Waals surface area contributed by atoms with Crippen LogP contribution in [0.5, 0.6) is 11.5 Å². The monoisotopic (exact) mass is 657 g/mol. The Hall–Kier alpha value is -5.24. The zero-order valence-electron chi connectivity index (χ0n) is 26.5. The van der Waals surface area contributed by atoms with E-state index < -0.39 is 5.91 Å². The van der Waals surface area contributed by atoms with Crippen LogP contribution in [0.3, 0.4) is 0 Å². The van der Waals surface area contributed by atoms with Crippen molar-refractivity contribution in [3.63, 3.8) is 0 Å². The lowest BCUT2D eigenvalue weighted by Gasteiger charge is -2.20. The van der Waals surface area contributed by atoms with Crippen molar-refractivity contribution >= 4 is 68.5 Å². The maximum Gasteiger partial charge on any atom is 0.291 e. The van der Waals surface area contributed by atoms with Crippen LogP contribution in [0.2, 0.25) is 0 Å². The minimum Gasteiger partial charge on any atom is -0.493 e. The Bertz CT molecular complexity index is 1910. The number of aryl methyl sites for hydroxylation is 1. The van der Waals surface area contributed by atoms with Gasteiger partial charge in [0.15, 0.2) is 17.3 Å². The summed E-state index contributed by atoms with van der Waals surface area (Å²) in [5, 5.41) is 6.42. The Morgan fingerprint density at radius 1 is 1.11 bits per heavy atom. The molecule has 1 atom stereocenters. The number of rotatable bonds is 10. The molecule has 1 fully saturated rings. The van der Waals surface area contributed by atoms with Crippen LogP contribution >= 0.6 is 11.3 Å². The van der Waals surface area contributed by atoms with Crippen LogP contribution in [0.4, 0.5) is 17.2 Å². The molecule has 1 unspecified atom stereocenters. The summed E-state index contributed by atoms with van der Waals surface area (Å²) in [5.41, 5.74) is 1.57. The van der Waals surface area contributed by atoms with Gasteiger partial charge in [-0.3, -0.25) is 24.2 Å². The second kappa shape index (κ2) is 13.2. The van der Waals surface area contributed by atoms with Gasteiger partial charge in [0.1, 0.15) is 0 Å². The second-order valence-electron chi connectivity index (χ2n) is 11.6. The number of thiophene rings is 1. The molecule has 0 aliphatic carbocycles. The van der Waals surface area contributed by atoms with E-state index in [1.807, 2.05) is 17.2 Å². The fraction of sp³-hybridized carbons (Fsp3) is 0.333. The molecule has 14 heteroatoms. The van der Waals surface area contributed by atoms with Gasteiger partial charge in [0.05, 0.1) is 35.9 Å². The smallest absolute Gasteiger partial charge is 0.291 e. The number of hydrogen-bond acceptors (Lipinski definition) is 9. The molecular formula is C33H35N7O6S. The predicted octanol–water partition coefficient (Wildman–Crippen LogP) is 4.72. The molecule has 6 rings (SSSR count). The number of amides is 4. The van der Waals surface area contributed by atoms with Crippen molar-refractivity contribution in [1.29, 1.82) is 0 Å². The Labute approximate surface area is 275 Å². The Morgan fingerprint density at radius 3 is 2.72 bits per heavy atom. The zero-order valence-corrected chi connectivity index (χ0v) is 27.3. The minimum absolute atomic E-state index is 0.00516. The van der Waals surface area contributed by atoms with E-state index in [1.165, 1.54) is 27.9 Å². The summed E-state index contributed by atoms with van der Waals surface area (Å²) in [4.78, 5) is 63.9. The van der Waals surface area contributed by atoms with Gasteiger partial charge in [-0.25, -0.2) is 4.98 Å². The molecule has 0 bridgehead atoms. The number of benzene rings is 2. The molecule has 244 valence electrons. The summed E-state index contributed by atoms with van der Waals surface area (Å²) in [7, 11) is 6.59. The van der Waals surface area contributed by atoms with E-state index >= 15 is 0 Å². The summed E-state index contributed by atoms with van der Waals surface area (Å²) in [5.74, 6) is 0.368. The van der Waals surface area contributed by atoms with Gasteiger partial charge in [-0.05, 0) is 55.0 Å². The number of nitrogens with one attached hydrogen (secondary N) is 2. The number of ether oxygens (including phenoxy) is 2.